The first kappa shape index (κ1) is 16.1. The molecule has 0 spiro atoms. The molecule has 1 aromatic rings. The molecule has 2 saturated heterocycles. The quantitative estimate of drug-likeness (QED) is 0.841. The topological polar surface area (TPSA) is 45.2 Å². The maximum absolute atomic E-state index is 12.5. The molecule has 2 aliphatic rings. The van der Waals surface area contributed by atoms with Gasteiger partial charge in [-0.25, -0.2) is 4.79 Å². The lowest BCUT2D eigenvalue weighted by atomic mass is 10.1. The van der Waals surface area contributed by atoms with Gasteiger partial charge in [0.1, 0.15) is 5.75 Å². The van der Waals surface area contributed by atoms with E-state index in [-0.39, 0.29) is 6.03 Å². The summed E-state index contributed by atoms with van der Waals surface area (Å²) in [7, 11) is 1.71. The Bertz CT molecular complexity index is 524. The van der Waals surface area contributed by atoms with Crippen molar-refractivity contribution in [2.45, 2.75) is 6.54 Å². The Morgan fingerprint density at radius 2 is 1.70 bits per heavy atom. The van der Waals surface area contributed by atoms with E-state index >= 15 is 0 Å². The first-order valence-electron chi connectivity index (χ1n) is 8.24. The van der Waals surface area contributed by atoms with Crippen LogP contribution in [0.4, 0.5) is 4.79 Å². The van der Waals surface area contributed by atoms with Gasteiger partial charge in [0, 0.05) is 51.4 Å². The third-order valence-corrected chi connectivity index (χ3v) is 4.51. The molecule has 2 amide bonds. The second kappa shape index (κ2) is 7.66. The minimum absolute atomic E-state index is 0.158. The summed E-state index contributed by atoms with van der Waals surface area (Å²) in [5.74, 6) is 0.930. The van der Waals surface area contributed by atoms with Gasteiger partial charge in [-0.3, -0.25) is 4.90 Å². The van der Waals surface area contributed by atoms with E-state index in [9.17, 15) is 4.79 Å². The van der Waals surface area contributed by atoms with Gasteiger partial charge in [0.15, 0.2) is 0 Å². The summed E-state index contributed by atoms with van der Waals surface area (Å²) in [6, 6.07) is 8.28. The number of nitrogens with zero attached hydrogens (tertiary/aromatic N) is 3. The van der Waals surface area contributed by atoms with E-state index in [1.54, 1.807) is 7.11 Å². The number of morpholine rings is 1. The van der Waals surface area contributed by atoms with Crippen LogP contribution in [0.2, 0.25) is 0 Å². The van der Waals surface area contributed by atoms with Crippen molar-refractivity contribution in [3.63, 3.8) is 0 Å². The molecular weight excluding hydrogens is 294 g/mol. The zero-order chi connectivity index (χ0) is 16.1. The molecule has 126 valence electrons. The number of urea groups is 1. The third-order valence-electron chi connectivity index (χ3n) is 4.51. The molecule has 0 aromatic heterocycles. The Morgan fingerprint density at radius 1 is 1.04 bits per heavy atom. The van der Waals surface area contributed by atoms with Crippen molar-refractivity contribution >= 4 is 6.03 Å². The number of ether oxygens (including phenoxy) is 2. The third kappa shape index (κ3) is 3.95. The zero-order valence-corrected chi connectivity index (χ0v) is 13.7. The van der Waals surface area contributed by atoms with Gasteiger partial charge >= 0.3 is 6.03 Å². The van der Waals surface area contributed by atoms with Crippen LogP contribution in [0, 0.1) is 0 Å². The van der Waals surface area contributed by atoms with Gasteiger partial charge < -0.3 is 19.3 Å². The predicted octanol–water partition coefficient (Wildman–Crippen LogP) is 1.26. The monoisotopic (exact) mass is 319 g/mol. The van der Waals surface area contributed by atoms with Crippen LogP contribution in [0.25, 0.3) is 0 Å². The zero-order valence-electron chi connectivity index (χ0n) is 13.7. The Hall–Kier alpha value is -1.79. The molecule has 2 fully saturated rings. The Labute approximate surface area is 137 Å². The first-order valence-corrected chi connectivity index (χ1v) is 8.24. The van der Waals surface area contributed by atoms with Crippen molar-refractivity contribution in [3.8, 4) is 5.75 Å². The highest BCUT2D eigenvalue weighted by Gasteiger charge is 2.26. The number of amides is 2. The molecular formula is C17H25N3O3. The van der Waals surface area contributed by atoms with E-state index < -0.39 is 0 Å². The average Bonchev–Trinajstić information content (AvgIpc) is 2.63. The summed E-state index contributed by atoms with van der Waals surface area (Å²) >= 11 is 0. The summed E-state index contributed by atoms with van der Waals surface area (Å²) in [5, 5.41) is 0. The molecule has 0 bridgehead atoms. The van der Waals surface area contributed by atoms with Gasteiger partial charge in [-0.2, -0.15) is 0 Å². The van der Waals surface area contributed by atoms with Crippen molar-refractivity contribution in [3.05, 3.63) is 29.8 Å². The van der Waals surface area contributed by atoms with Gasteiger partial charge in [-0.05, 0) is 6.07 Å². The molecule has 0 atom stereocenters. The molecule has 1 aromatic carbocycles. The predicted molar refractivity (Wildman–Crippen MR) is 87.6 cm³/mol. The molecule has 0 aliphatic carbocycles. The van der Waals surface area contributed by atoms with E-state index in [0.29, 0.717) is 26.3 Å². The average molecular weight is 319 g/mol. The summed E-state index contributed by atoms with van der Waals surface area (Å²) in [5.41, 5.74) is 1.20. The lowest BCUT2D eigenvalue weighted by Crippen LogP contribution is -2.54. The molecule has 0 unspecified atom stereocenters. The van der Waals surface area contributed by atoms with Crippen molar-refractivity contribution in [2.75, 3.05) is 59.6 Å². The van der Waals surface area contributed by atoms with Crippen LogP contribution in [0.15, 0.2) is 24.3 Å². The Kier molecular flexibility index (Phi) is 5.35. The minimum Gasteiger partial charge on any atom is -0.496 e. The fraction of sp³-hybridized carbons (Fsp3) is 0.588. The molecule has 23 heavy (non-hydrogen) atoms. The second-order valence-electron chi connectivity index (χ2n) is 5.96. The van der Waals surface area contributed by atoms with E-state index in [4.69, 9.17) is 9.47 Å². The fourth-order valence-corrected chi connectivity index (χ4v) is 3.13. The largest absolute Gasteiger partial charge is 0.496 e. The highest BCUT2D eigenvalue weighted by atomic mass is 16.5. The smallest absolute Gasteiger partial charge is 0.320 e. The number of methoxy groups -OCH3 is 1. The van der Waals surface area contributed by atoms with Crippen molar-refractivity contribution < 1.29 is 14.3 Å². The fourth-order valence-electron chi connectivity index (χ4n) is 3.13. The molecule has 3 rings (SSSR count). The summed E-state index contributed by atoms with van der Waals surface area (Å²) < 4.78 is 10.7. The van der Waals surface area contributed by atoms with Gasteiger partial charge in [-0.1, -0.05) is 18.2 Å². The Morgan fingerprint density at radius 3 is 2.39 bits per heavy atom. The van der Waals surface area contributed by atoms with Crippen LogP contribution in [-0.4, -0.2) is 80.3 Å². The van der Waals surface area contributed by atoms with Crippen LogP contribution in [0.3, 0.4) is 0 Å². The first-order chi connectivity index (χ1) is 11.3. The molecule has 2 aliphatic heterocycles. The van der Waals surface area contributed by atoms with Crippen LogP contribution in [0.5, 0.6) is 5.75 Å². The van der Waals surface area contributed by atoms with E-state index in [1.165, 1.54) is 5.56 Å². The Balaban J connectivity index is 1.51. The number of para-hydroxylation sites is 1. The van der Waals surface area contributed by atoms with Gasteiger partial charge in [-0.15, -0.1) is 0 Å². The van der Waals surface area contributed by atoms with Crippen LogP contribution in [0.1, 0.15) is 5.56 Å². The van der Waals surface area contributed by atoms with Gasteiger partial charge in [0.25, 0.3) is 0 Å². The molecule has 2 heterocycles. The lowest BCUT2D eigenvalue weighted by Gasteiger charge is -2.38. The molecule has 0 radical (unpaired) electrons. The summed E-state index contributed by atoms with van der Waals surface area (Å²) in [6.45, 7) is 6.95. The SMILES string of the molecule is COc1ccccc1CN1CCN(C(=O)N2CCOCC2)CC1. The maximum atomic E-state index is 12.5. The van der Waals surface area contributed by atoms with Crippen LogP contribution < -0.4 is 4.74 Å². The number of benzene rings is 1. The number of carbonyl (C=O) groups excluding carboxylic acids is 1. The normalized spacial score (nSPS) is 19.7. The molecule has 0 saturated carbocycles. The summed E-state index contributed by atoms with van der Waals surface area (Å²) in [4.78, 5) is 18.7. The van der Waals surface area contributed by atoms with Crippen molar-refractivity contribution in [1.82, 2.24) is 14.7 Å². The standard InChI is InChI=1S/C17H25N3O3/c1-22-16-5-3-2-4-15(16)14-18-6-8-19(9-7-18)17(21)20-10-12-23-13-11-20/h2-5H,6-14H2,1H3. The van der Waals surface area contributed by atoms with E-state index in [1.807, 2.05) is 28.0 Å². The number of hydrogen-bond donors (Lipinski definition) is 0. The maximum Gasteiger partial charge on any atom is 0.320 e. The van der Waals surface area contributed by atoms with Crippen molar-refractivity contribution in [1.29, 1.82) is 0 Å². The lowest BCUT2D eigenvalue weighted by molar-refractivity contribution is 0.0372. The van der Waals surface area contributed by atoms with Crippen LogP contribution in [-0.2, 0) is 11.3 Å². The molecule has 6 nitrogen and oxygen atoms in total. The summed E-state index contributed by atoms with van der Waals surface area (Å²) in [6.07, 6.45) is 0. The number of rotatable bonds is 3. The highest BCUT2D eigenvalue weighted by Crippen LogP contribution is 2.20. The van der Waals surface area contributed by atoms with Crippen LogP contribution >= 0.6 is 0 Å². The molecule has 0 N–H and O–H groups in total. The highest BCUT2D eigenvalue weighted by molar-refractivity contribution is 5.74. The second-order valence-corrected chi connectivity index (χ2v) is 5.96. The number of hydrogen-bond acceptors (Lipinski definition) is 4. The van der Waals surface area contributed by atoms with Gasteiger partial charge in [0.05, 0.1) is 20.3 Å². The molecule has 6 heteroatoms. The number of carbonyl (C=O) groups is 1. The number of piperazine rings is 1. The minimum atomic E-state index is 0.158. The van der Waals surface area contributed by atoms with Gasteiger partial charge in [0.2, 0.25) is 0 Å². The van der Waals surface area contributed by atoms with E-state index in [0.717, 1.165) is 38.5 Å². The van der Waals surface area contributed by atoms with E-state index in [2.05, 4.69) is 11.0 Å². The van der Waals surface area contributed by atoms with Crippen molar-refractivity contribution in [2.24, 2.45) is 0 Å².